The van der Waals surface area contributed by atoms with Gasteiger partial charge in [-0.1, -0.05) is 6.07 Å². The van der Waals surface area contributed by atoms with E-state index in [4.69, 9.17) is 5.73 Å². The molecule has 0 unspecified atom stereocenters. The predicted octanol–water partition coefficient (Wildman–Crippen LogP) is 0.333. The quantitative estimate of drug-likeness (QED) is 0.741. The molecule has 6 nitrogen and oxygen atoms in total. The number of anilines is 1. The van der Waals surface area contributed by atoms with Crippen LogP contribution in [0.1, 0.15) is 18.4 Å². The Kier molecular flexibility index (Phi) is 3.38. The summed E-state index contributed by atoms with van der Waals surface area (Å²) in [6.45, 7) is 1.70. The molecule has 1 aromatic rings. The molecule has 0 bridgehead atoms. The van der Waals surface area contributed by atoms with Crippen LogP contribution in [0.5, 0.6) is 0 Å². The Balaban J connectivity index is 2.29. The molecule has 104 valence electrons. The van der Waals surface area contributed by atoms with Crippen LogP contribution >= 0.6 is 0 Å². The van der Waals surface area contributed by atoms with Crippen molar-refractivity contribution in [1.29, 1.82) is 0 Å². The highest BCUT2D eigenvalue weighted by Crippen LogP contribution is 2.33. The first-order chi connectivity index (χ1) is 8.78. The molecule has 0 atom stereocenters. The smallest absolute Gasteiger partial charge is 0.244 e. The van der Waals surface area contributed by atoms with E-state index in [-0.39, 0.29) is 10.8 Å². The van der Waals surface area contributed by atoms with Gasteiger partial charge in [-0.15, -0.1) is 0 Å². The van der Waals surface area contributed by atoms with Crippen molar-refractivity contribution in [2.24, 2.45) is 5.73 Å². The van der Waals surface area contributed by atoms with Crippen LogP contribution in [0.3, 0.4) is 0 Å². The van der Waals surface area contributed by atoms with Crippen molar-refractivity contribution in [3.63, 3.8) is 0 Å². The molecule has 1 saturated carbocycles. The molecule has 0 radical (unpaired) electrons. The van der Waals surface area contributed by atoms with Gasteiger partial charge in [-0.3, -0.25) is 4.79 Å². The summed E-state index contributed by atoms with van der Waals surface area (Å²) in [4.78, 5) is 12.0. The number of nitrogens with one attached hydrogen (secondary N) is 2. The first-order valence-electron chi connectivity index (χ1n) is 5.93. The van der Waals surface area contributed by atoms with Crippen molar-refractivity contribution in [2.45, 2.75) is 30.2 Å². The van der Waals surface area contributed by atoms with E-state index in [9.17, 15) is 13.2 Å². The van der Waals surface area contributed by atoms with Gasteiger partial charge in [0, 0.05) is 5.69 Å². The zero-order valence-electron chi connectivity index (χ0n) is 10.9. The summed E-state index contributed by atoms with van der Waals surface area (Å²) >= 11 is 0. The molecule has 0 heterocycles. The fourth-order valence-corrected chi connectivity index (χ4v) is 2.69. The third-order valence-electron chi connectivity index (χ3n) is 3.25. The second-order valence-corrected chi connectivity index (χ2v) is 6.65. The van der Waals surface area contributed by atoms with E-state index in [2.05, 4.69) is 10.0 Å². The molecular weight excluding hydrogens is 266 g/mol. The Morgan fingerprint density at radius 2 is 2.00 bits per heavy atom. The molecule has 0 saturated heterocycles. The monoisotopic (exact) mass is 283 g/mol. The molecule has 7 heteroatoms. The first-order valence-corrected chi connectivity index (χ1v) is 7.41. The van der Waals surface area contributed by atoms with E-state index in [1.54, 1.807) is 19.1 Å². The third kappa shape index (κ3) is 2.78. The molecule has 0 aliphatic heterocycles. The van der Waals surface area contributed by atoms with Crippen molar-refractivity contribution in [3.8, 4) is 0 Å². The molecule has 1 aromatic carbocycles. The molecule has 0 spiro atoms. The summed E-state index contributed by atoms with van der Waals surface area (Å²) in [5.74, 6) is -0.274. The van der Waals surface area contributed by atoms with Crippen LogP contribution in [0.25, 0.3) is 0 Å². The molecule has 1 aliphatic carbocycles. The zero-order chi connectivity index (χ0) is 14.3. The maximum Gasteiger partial charge on any atom is 0.244 e. The Morgan fingerprint density at radius 3 is 2.53 bits per heavy atom. The number of hydrogen-bond donors (Lipinski definition) is 3. The van der Waals surface area contributed by atoms with E-state index in [1.165, 1.54) is 13.1 Å². The summed E-state index contributed by atoms with van der Waals surface area (Å²) in [7, 11) is -2.19. The van der Waals surface area contributed by atoms with Crippen LogP contribution in [0.2, 0.25) is 0 Å². The van der Waals surface area contributed by atoms with Gasteiger partial charge in [-0.25, -0.2) is 13.1 Å². The summed E-state index contributed by atoms with van der Waals surface area (Å²) in [5, 5.41) is 2.65. The maximum atomic E-state index is 11.8. The summed E-state index contributed by atoms with van der Waals surface area (Å²) < 4.78 is 25.9. The second-order valence-electron chi connectivity index (χ2n) is 4.80. The Labute approximate surface area is 112 Å². The fraction of sp³-hybridized carbons (Fsp3) is 0.417. The van der Waals surface area contributed by atoms with Crippen molar-refractivity contribution in [3.05, 3.63) is 23.8 Å². The predicted molar refractivity (Wildman–Crippen MR) is 72.2 cm³/mol. The summed E-state index contributed by atoms with van der Waals surface area (Å²) in [6.07, 6.45) is 1.32. The van der Waals surface area contributed by atoms with Gasteiger partial charge in [0.25, 0.3) is 0 Å². The lowest BCUT2D eigenvalue weighted by atomic mass is 10.2. The number of hydrogen-bond acceptors (Lipinski definition) is 4. The number of nitrogens with two attached hydrogens (primary N) is 1. The Morgan fingerprint density at radius 1 is 1.37 bits per heavy atom. The fourth-order valence-electron chi connectivity index (χ4n) is 1.69. The standard InChI is InChI=1S/C12H17N3O3S/c1-8-3-4-9(7-10(8)19(17,18)14-2)15-11(16)12(13)5-6-12/h3-4,7,14H,5-6,13H2,1-2H3,(H,15,16). The van der Waals surface area contributed by atoms with Gasteiger partial charge in [0.05, 0.1) is 10.4 Å². The number of benzene rings is 1. The highest BCUT2D eigenvalue weighted by molar-refractivity contribution is 7.89. The minimum absolute atomic E-state index is 0.148. The largest absolute Gasteiger partial charge is 0.324 e. The maximum absolute atomic E-state index is 11.8. The zero-order valence-corrected chi connectivity index (χ0v) is 11.7. The molecule has 19 heavy (non-hydrogen) atoms. The number of rotatable bonds is 4. The van der Waals surface area contributed by atoms with E-state index in [0.717, 1.165) is 0 Å². The van der Waals surface area contributed by atoms with Gasteiger partial charge in [-0.05, 0) is 44.5 Å². The van der Waals surface area contributed by atoms with Crippen LogP contribution in [-0.2, 0) is 14.8 Å². The number of carbonyl (C=O) groups excluding carboxylic acids is 1. The van der Waals surface area contributed by atoms with E-state index in [0.29, 0.717) is 24.1 Å². The van der Waals surface area contributed by atoms with E-state index >= 15 is 0 Å². The number of amides is 1. The van der Waals surface area contributed by atoms with Crippen molar-refractivity contribution in [2.75, 3.05) is 12.4 Å². The van der Waals surface area contributed by atoms with Crippen LogP contribution in [-0.4, -0.2) is 26.9 Å². The summed E-state index contributed by atoms with van der Waals surface area (Å²) in [5.41, 5.74) is 6.03. The number of sulfonamides is 1. The SMILES string of the molecule is CNS(=O)(=O)c1cc(NC(=O)C2(N)CC2)ccc1C. The molecule has 2 rings (SSSR count). The molecular formula is C12H17N3O3S. The van der Waals surface area contributed by atoms with E-state index in [1.807, 2.05) is 0 Å². The van der Waals surface area contributed by atoms with Crippen LogP contribution in [0, 0.1) is 6.92 Å². The normalized spacial score (nSPS) is 17.0. The Hall–Kier alpha value is -1.44. The molecule has 1 aliphatic rings. The van der Waals surface area contributed by atoms with Crippen LogP contribution < -0.4 is 15.8 Å². The lowest BCUT2D eigenvalue weighted by Crippen LogP contribution is -2.37. The van der Waals surface area contributed by atoms with Crippen LogP contribution in [0.15, 0.2) is 23.1 Å². The average molecular weight is 283 g/mol. The summed E-state index contributed by atoms with van der Waals surface area (Å²) in [6, 6.07) is 4.74. The highest BCUT2D eigenvalue weighted by Gasteiger charge is 2.45. The van der Waals surface area contributed by atoms with Gasteiger partial charge >= 0.3 is 0 Å². The van der Waals surface area contributed by atoms with E-state index < -0.39 is 15.6 Å². The topological polar surface area (TPSA) is 101 Å². The van der Waals surface area contributed by atoms with Gasteiger partial charge in [0.15, 0.2) is 0 Å². The van der Waals surface area contributed by atoms with Gasteiger partial charge in [0.2, 0.25) is 15.9 Å². The minimum atomic E-state index is -3.54. The van der Waals surface area contributed by atoms with Gasteiger partial charge < -0.3 is 11.1 Å². The molecule has 1 fully saturated rings. The third-order valence-corrected chi connectivity index (χ3v) is 4.80. The highest BCUT2D eigenvalue weighted by atomic mass is 32.2. The van der Waals surface area contributed by atoms with Crippen molar-refractivity contribution < 1.29 is 13.2 Å². The minimum Gasteiger partial charge on any atom is -0.324 e. The van der Waals surface area contributed by atoms with Crippen molar-refractivity contribution in [1.82, 2.24) is 4.72 Å². The van der Waals surface area contributed by atoms with Gasteiger partial charge in [-0.2, -0.15) is 0 Å². The first kappa shape index (κ1) is 14.0. The van der Waals surface area contributed by atoms with Crippen LogP contribution in [0.4, 0.5) is 5.69 Å². The van der Waals surface area contributed by atoms with Crippen molar-refractivity contribution >= 4 is 21.6 Å². The molecule has 4 N–H and O–H groups in total. The lowest BCUT2D eigenvalue weighted by Gasteiger charge is -2.12. The average Bonchev–Trinajstić information content (AvgIpc) is 3.11. The number of carbonyl (C=O) groups is 1. The Bertz CT molecular complexity index is 621. The number of aryl methyl sites for hydroxylation is 1. The lowest BCUT2D eigenvalue weighted by molar-refractivity contribution is -0.118. The van der Waals surface area contributed by atoms with Gasteiger partial charge in [0.1, 0.15) is 0 Å². The molecule has 1 amide bonds. The second kappa shape index (κ2) is 4.59. The molecule has 0 aromatic heterocycles.